The lowest BCUT2D eigenvalue weighted by Crippen LogP contribution is -2.25. The summed E-state index contributed by atoms with van der Waals surface area (Å²) in [7, 11) is 1.90. The molecule has 1 atom stereocenters. The lowest BCUT2D eigenvalue weighted by Gasteiger charge is -2.06. The van der Waals surface area contributed by atoms with E-state index in [2.05, 4.69) is 26.9 Å². The molecule has 0 bridgehead atoms. The molecule has 1 aliphatic rings. The van der Waals surface area contributed by atoms with Crippen molar-refractivity contribution >= 4 is 17.2 Å². The summed E-state index contributed by atoms with van der Waals surface area (Å²) < 4.78 is 1.86. The molecule has 2 aromatic rings. The second-order valence-corrected chi connectivity index (χ2v) is 6.33. The van der Waals surface area contributed by atoms with Crippen molar-refractivity contribution in [3.8, 4) is 0 Å². The van der Waals surface area contributed by atoms with Crippen LogP contribution in [0.4, 0.5) is 0 Å². The van der Waals surface area contributed by atoms with E-state index in [0.717, 1.165) is 23.7 Å². The predicted molar refractivity (Wildman–Crippen MR) is 81.3 cm³/mol. The van der Waals surface area contributed by atoms with Gasteiger partial charge in [-0.25, -0.2) is 0 Å². The maximum Gasteiger partial charge on any atom is 0.261 e. The van der Waals surface area contributed by atoms with Crippen LogP contribution in [0.5, 0.6) is 0 Å². The van der Waals surface area contributed by atoms with Gasteiger partial charge in [0.05, 0.1) is 4.88 Å². The van der Waals surface area contributed by atoms with E-state index in [1.54, 1.807) is 17.7 Å². The van der Waals surface area contributed by atoms with E-state index in [1.807, 2.05) is 17.7 Å². The van der Waals surface area contributed by atoms with E-state index in [0.29, 0.717) is 19.0 Å². The standard InChI is InChI=1S/C14H19N5OS/c1-19-9-17-18-13(19)6-8-16-14(20)12-5-4-11(21-12)10-3-2-7-15-10/h4-5,9-10,15H,2-3,6-8H2,1H3,(H,16,20)/t10-/m1/s1. The van der Waals surface area contributed by atoms with Gasteiger partial charge in [0.15, 0.2) is 0 Å². The van der Waals surface area contributed by atoms with Crippen LogP contribution in [0.25, 0.3) is 0 Å². The summed E-state index contributed by atoms with van der Waals surface area (Å²) >= 11 is 1.58. The second kappa shape index (κ2) is 6.36. The van der Waals surface area contributed by atoms with E-state index >= 15 is 0 Å². The largest absolute Gasteiger partial charge is 0.351 e. The fraction of sp³-hybridized carbons (Fsp3) is 0.500. The summed E-state index contributed by atoms with van der Waals surface area (Å²) in [5.41, 5.74) is 0. The van der Waals surface area contributed by atoms with Crippen LogP contribution < -0.4 is 10.6 Å². The zero-order chi connectivity index (χ0) is 14.7. The molecular weight excluding hydrogens is 286 g/mol. The molecule has 2 N–H and O–H groups in total. The Morgan fingerprint density at radius 1 is 1.57 bits per heavy atom. The highest BCUT2D eigenvalue weighted by molar-refractivity contribution is 7.14. The average Bonchev–Trinajstić information content (AvgIpc) is 3.19. The Balaban J connectivity index is 1.52. The fourth-order valence-corrected chi connectivity index (χ4v) is 3.53. The van der Waals surface area contributed by atoms with Gasteiger partial charge in [-0.15, -0.1) is 21.5 Å². The van der Waals surface area contributed by atoms with E-state index in [9.17, 15) is 4.79 Å². The molecule has 0 unspecified atom stereocenters. The van der Waals surface area contributed by atoms with Crippen LogP contribution in [0.15, 0.2) is 18.5 Å². The van der Waals surface area contributed by atoms with Gasteiger partial charge in [-0.3, -0.25) is 4.79 Å². The van der Waals surface area contributed by atoms with Crippen LogP contribution in [0.3, 0.4) is 0 Å². The fourth-order valence-electron chi connectivity index (χ4n) is 2.50. The molecule has 3 rings (SSSR count). The summed E-state index contributed by atoms with van der Waals surface area (Å²) in [6.07, 6.45) is 4.72. The monoisotopic (exact) mass is 305 g/mol. The zero-order valence-electron chi connectivity index (χ0n) is 12.0. The van der Waals surface area contributed by atoms with Crippen molar-refractivity contribution < 1.29 is 4.79 Å². The smallest absolute Gasteiger partial charge is 0.261 e. The summed E-state index contributed by atoms with van der Waals surface area (Å²) in [4.78, 5) is 14.2. The zero-order valence-corrected chi connectivity index (χ0v) is 12.8. The number of carbonyl (C=O) groups excluding carboxylic acids is 1. The van der Waals surface area contributed by atoms with E-state index in [4.69, 9.17) is 0 Å². The molecule has 1 amide bonds. The normalized spacial score (nSPS) is 18.0. The molecule has 0 radical (unpaired) electrons. The molecule has 0 aliphatic carbocycles. The van der Waals surface area contributed by atoms with Gasteiger partial charge in [-0.1, -0.05) is 0 Å². The van der Waals surface area contributed by atoms with Gasteiger partial charge in [-0.05, 0) is 31.5 Å². The highest BCUT2D eigenvalue weighted by Crippen LogP contribution is 2.29. The van der Waals surface area contributed by atoms with Gasteiger partial charge in [0, 0.05) is 30.9 Å². The minimum absolute atomic E-state index is 0.00795. The van der Waals surface area contributed by atoms with Crippen LogP contribution in [0.1, 0.15) is 39.3 Å². The summed E-state index contributed by atoms with van der Waals surface area (Å²) in [5, 5.41) is 14.2. The van der Waals surface area contributed by atoms with Crippen molar-refractivity contribution in [1.82, 2.24) is 25.4 Å². The maximum absolute atomic E-state index is 12.1. The Labute approximate surface area is 127 Å². The van der Waals surface area contributed by atoms with Crippen LogP contribution in [0, 0.1) is 0 Å². The molecule has 2 aromatic heterocycles. The number of amides is 1. The highest BCUT2D eigenvalue weighted by Gasteiger charge is 2.19. The molecule has 7 heteroatoms. The van der Waals surface area contributed by atoms with Crippen molar-refractivity contribution in [3.05, 3.63) is 34.0 Å². The number of rotatable bonds is 5. The third-order valence-corrected chi connectivity index (χ3v) is 4.89. The van der Waals surface area contributed by atoms with Crippen molar-refractivity contribution in [3.63, 3.8) is 0 Å². The quantitative estimate of drug-likeness (QED) is 0.873. The summed E-state index contributed by atoms with van der Waals surface area (Å²) in [6.45, 7) is 1.64. The van der Waals surface area contributed by atoms with Crippen LogP contribution in [-0.4, -0.2) is 33.8 Å². The van der Waals surface area contributed by atoms with E-state index < -0.39 is 0 Å². The van der Waals surface area contributed by atoms with Crippen LogP contribution in [-0.2, 0) is 13.5 Å². The first kappa shape index (κ1) is 14.2. The molecule has 0 saturated carbocycles. The molecule has 112 valence electrons. The summed E-state index contributed by atoms with van der Waals surface area (Å²) in [6, 6.07) is 4.40. The van der Waals surface area contributed by atoms with E-state index in [-0.39, 0.29) is 5.91 Å². The van der Waals surface area contributed by atoms with Gasteiger partial charge in [0.2, 0.25) is 0 Å². The first-order valence-electron chi connectivity index (χ1n) is 7.18. The van der Waals surface area contributed by atoms with Gasteiger partial charge < -0.3 is 15.2 Å². The van der Waals surface area contributed by atoms with Gasteiger partial charge in [0.25, 0.3) is 5.91 Å². The Bertz CT molecular complexity index is 614. The molecule has 1 fully saturated rings. The second-order valence-electron chi connectivity index (χ2n) is 5.21. The Hall–Kier alpha value is -1.73. The number of nitrogens with zero attached hydrogens (tertiary/aromatic N) is 3. The van der Waals surface area contributed by atoms with E-state index in [1.165, 1.54) is 11.3 Å². The molecule has 0 spiro atoms. The average molecular weight is 305 g/mol. The van der Waals surface area contributed by atoms with Crippen molar-refractivity contribution in [2.24, 2.45) is 7.05 Å². The predicted octanol–water partition coefficient (Wildman–Crippen LogP) is 1.27. The van der Waals surface area contributed by atoms with Crippen LogP contribution in [0.2, 0.25) is 0 Å². The first-order chi connectivity index (χ1) is 10.2. The van der Waals surface area contributed by atoms with Crippen molar-refractivity contribution in [2.75, 3.05) is 13.1 Å². The lowest BCUT2D eigenvalue weighted by atomic mass is 10.2. The third kappa shape index (κ3) is 3.30. The number of aromatic nitrogens is 3. The van der Waals surface area contributed by atoms with Gasteiger partial charge >= 0.3 is 0 Å². The Morgan fingerprint density at radius 3 is 3.19 bits per heavy atom. The number of hydrogen-bond donors (Lipinski definition) is 2. The number of nitrogens with one attached hydrogen (secondary N) is 2. The number of carbonyl (C=O) groups is 1. The molecule has 1 aliphatic heterocycles. The minimum atomic E-state index is -0.00795. The summed E-state index contributed by atoms with van der Waals surface area (Å²) in [5.74, 6) is 0.865. The first-order valence-corrected chi connectivity index (χ1v) is 8.00. The minimum Gasteiger partial charge on any atom is -0.351 e. The Kier molecular flexibility index (Phi) is 4.31. The topological polar surface area (TPSA) is 71.8 Å². The molecule has 21 heavy (non-hydrogen) atoms. The highest BCUT2D eigenvalue weighted by atomic mass is 32.1. The molecule has 0 aromatic carbocycles. The SMILES string of the molecule is Cn1cnnc1CCNC(=O)c1ccc([C@H]2CCCN2)s1. The van der Waals surface area contributed by atoms with Crippen LogP contribution >= 0.6 is 11.3 Å². The number of aryl methyl sites for hydroxylation is 1. The maximum atomic E-state index is 12.1. The van der Waals surface area contributed by atoms with Gasteiger partial charge in [0.1, 0.15) is 12.2 Å². The van der Waals surface area contributed by atoms with Crippen molar-refractivity contribution in [1.29, 1.82) is 0 Å². The number of thiophene rings is 1. The molecule has 1 saturated heterocycles. The molecular formula is C14H19N5OS. The molecule has 6 nitrogen and oxygen atoms in total. The van der Waals surface area contributed by atoms with Crippen molar-refractivity contribution in [2.45, 2.75) is 25.3 Å². The third-order valence-electron chi connectivity index (χ3n) is 3.69. The van der Waals surface area contributed by atoms with Gasteiger partial charge in [-0.2, -0.15) is 0 Å². The number of hydrogen-bond acceptors (Lipinski definition) is 5. The molecule has 3 heterocycles. The Morgan fingerprint density at radius 2 is 2.48 bits per heavy atom. The lowest BCUT2D eigenvalue weighted by molar-refractivity contribution is 0.0958.